The van der Waals surface area contributed by atoms with Crippen molar-refractivity contribution >= 4 is 17.5 Å². The summed E-state index contributed by atoms with van der Waals surface area (Å²) in [5.41, 5.74) is 5.75. The number of aliphatic imine (C=N–C) groups is 1. The number of anilines is 1. The molecule has 0 unspecified atom stereocenters. The third kappa shape index (κ3) is 4.58. The Morgan fingerprint density at radius 3 is 2.40 bits per heavy atom. The van der Waals surface area contributed by atoms with E-state index in [0.29, 0.717) is 29.1 Å². The van der Waals surface area contributed by atoms with Crippen LogP contribution in [0.25, 0.3) is 22.7 Å². The fraction of sp³-hybridized carbons (Fsp3) is 0.281. The largest absolute Gasteiger partial charge is 0.403 e. The summed E-state index contributed by atoms with van der Waals surface area (Å²) < 4.78 is 8.10. The number of fused-ring (bicyclic) bond motifs is 1. The molecule has 0 radical (unpaired) electrons. The van der Waals surface area contributed by atoms with Crippen LogP contribution < -0.4 is 5.32 Å². The van der Waals surface area contributed by atoms with Gasteiger partial charge in [-0.05, 0) is 37.7 Å². The van der Waals surface area contributed by atoms with Gasteiger partial charge in [0.25, 0.3) is 5.89 Å². The Kier molecular flexibility index (Phi) is 5.98. The van der Waals surface area contributed by atoms with Crippen LogP contribution in [0.3, 0.4) is 0 Å². The van der Waals surface area contributed by atoms with E-state index in [4.69, 9.17) is 14.5 Å². The minimum Gasteiger partial charge on any atom is -0.403 e. The molecule has 0 bridgehead atoms. The first kappa shape index (κ1) is 24.8. The molecular weight excluding hydrogens is 528 g/mol. The van der Waals surface area contributed by atoms with Crippen molar-refractivity contribution in [3.8, 4) is 22.7 Å². The maximum absolute atomic E-state index is 13.4. The number of carbonyl (C=O) groups excluding carboxylic acids is 1. The van der Waals surface area contributed by atoms with E-state index in [2.05, 4.69) is 25.5 Å². The van der Waals surface area contributed by atoms with Crippen LogP contribution in [0.1, 0.15) is 66.6 Å². The molecule has 8 rings (SSSR count). The fourth-order valence-corrected chi connectivity index (χ4v) is 5.52. The van der Waals surface area contributed by atoms with Crippen LogP contribution in [0.2, 0.25) is 0 Å². The smallest absolute Gasteiger partial charge is 0.317 e. The number of hydrogen-bond acceptors (Lipinski definition) is 9. The van der Waals surface area contributed by atoms with E-state index in [1.807, 2.05) is 77.9 Å². The number of carbonyl (C=O) groups is 1. The molecule has 1 N–H and O–H groups in total. The summed E-state index contributed by atoms with van der Waals surface area (Å²) >= 11 is 0. The van der Waals surface area contributed by atoms with Crippen molar-refractivity contribution in [2.24, 2.45) is 4.99 Å². The van der Waals surface area contributed by atoms with Gasteiger partial charge in [-0.25, -0.2) is 9.97 Å². The molecule has 5 aromatic rings. The molecule has 2 aliphatic carbocycles. The van der Waals surface area contributed by atoms with Crippen molar-refractivity contribution < 1.29 is 9.21 Å². The number of rotatable bonds is 7. The average molecular weight is 557 g/mol. The second kappa shape index (κ2) is 10.1. The van der Waals surface area contributed by atoms with Gasteiger partial charge in [-0.2, -0.15) is 5.10 Å². The van der Waals surface area contributed by atoms with Crippen LogP contribution in [-0.4, -0.2) is 47.6 Å². The molecular formula is C32H28N8O2. The Hall–Kier alpha value is -4.99. The van der Waals surface area contributed by atoms with Crippen molar-refractivity contribution in [2.45, 2.75) is 56.7 Å². The summed E-state index contributed by atoms with van der Waals surface area (Å²) in [6.45, 7) is 0. The Balaban J connectivity index is 1.12. The number of ketones is 1. The Morgan fingerprint density at radius 2 is 1.64 bits per heavy atom. The average Bonchev–Trinajstić information content (AvgIpc) is 3.63. The van der Waals surface area contributed by atoms with Gasteiger partial charge in [-0.3, -0.25) is 14.5 Å². The lowest BCUT2D eigenvalue weighted by molar-refractivity contribution is -0.119. The van der Waals surface area contributed by atoms with Gasteiger partial charge in [-0.1, -0.05) is 59.7 Å². The van der Waals surface area contributed by atoms with Crippen molar-refractivity contribution in [1.82, 2.24) is 29.9 Å². The second-order valence-electron chi connectivity index (χ2n) is 11.2. The molecule has 2 saturated carbocycles. The number of nitrogens with one attached hydrogen (secondary N) is 1. The zero-order valence-electron chi connectivity index (χ0n) is 22.8. The van der Waals surface area contributed by atoms with E-state index in [-0.39, 0.29) is 18.2 Å². The molecule has 10 nitrogen and oxygen atoms in total. The van der Waals surface area contributed by atoms with E-state index in [1.165, 1.54) is 6.42 Å². The van der Waals surface area contributed by atoms with Gasteiger partial charge in [0.1, 0.15) is 11.5 Å². The predicted molar refractivity (Wildman–Crippen MR) is 156 cm³/mol. The number of benzene rings is 2. The van der Waals surface area contributed by atoms with E-state index < -0.39 is 6.17 Å². The second-order valence-corrected chi connectivity index (χ2v) is 11.2. The van der Waals surface area contributed by atoms with E-state index >= 15 is 0 Å². The molecule has 208 valence electrons. The number of aromatic nitrogens is 6. The minimum atomic E-state index is -0.888. The van der Waals surface area contributed by atoms with E-state index in [1.54, 1.807) is 0 Å². The first-order valence-electron chi connectivity index (χ1n) is 14.5. The summed E-state index contributed by atoms with van der Waals surface area (Å²) in [5.74, 6) is 1.58. The first-order chi connectivity index (χ1) is 20.7. The molecule has 0 amide bonds. The number of nitrogens with zero attached hydrogens (tertiary/aromatic N) is 7. The normalized spacial score (nSPS) is 18.6. The van der Waals surface area contributed by atoms with Crippen LogP contribution in [0.15, 0.2) is 82.6 Å². The van der Waals surface area contributed by atoms with Gasteiger partial charge >= 0.3 is 6.01 Å². The Labute approximate surface area is 242 Å². The molecule has 1 aliphatic heterocycles. The topological polar surface area (TPSA) is 124 Å². The highest BCUT2D eigenvalue weighted by Gasteiger charge is 2.30. The SMILES string of the molecule is O=C1Cc2ccccc2C(c2ccccc2)=N[C@@H]1Nc1nnc(-c2cn(C3CCC3)nc2-c2cnc(C3CC3)nc2)o1. The van der Waals surface area contributed by atoms with Crippen molar-refractivity contribution in [3.63, 3.8) is 0 Å². The lowest BCUT2D eigenvalue weighted by Crippen LogP contribution is -2.29. The zero-order chi connectivity index (χ0) is 28.0. The van der Waals surface area contributed by atoms with Crippen molar-refractivity contribution in [1.29, 1.82) is 0 Å². The summed E-state index contributed by atoms with van der Waals surface area (Å²) in [4.78, 5) is 27.5. The summed E-state index contributed by atoms with van der Waals surface area (Å²) in [6, 6.07) is 18.2. The van der Waals surface area contributed by atoms with Gasteiger partial charge in [-0.15, -0.1) is 5.10 Å². The molecule has 10 heteroatoms. The zero-order valence-corrected chi connectivity index (χ0v) is 22.8. The van der Waals surface area contributed by atoms with E-state index in [0.717, 1.165) is 59.5 Å². The molecule has 0 spiro atoms. The van der Waals surface area contributed by atoms with Gasteiger partial charge in [0.15, 0.2) is 11.9 Å². The van der Waals surface area contributed by atoms with Crippen molar-refractivity contribution in [3.05, 3.63) is 95.7 Å². The van der Waals surface area contributed by atoms with E-state index in [9.17, 15) is 4.79 Å². The molecule has 2 aromatic carbocycles. The van der Waals surface area contributed by atoms with Crippen molar-refractivity contribution in [2.75, 3.05) is 5.32 Å². The minimum absolute atomic E-state index is 0.0838. The van der Waals surface area contributed by atoms with Crippen LogP contribution in [-0.2, 0) is 11.2 Å². The maximum atomic E-state index is 13.4. The lowest BCUT2D eigenvalue weighted by atomic mass is 9.93. The molecule has 4 heterocycles. The third-order valence-electron chi connectivity index (χ3n) is 8.23. The third-order valence-corrected chi connectivity index (χ3v) is 8.23. The van der Waals surface area contributed by atoms with Crippen LogP contribution in [0.5, 0.6) is 0 Å². The molecule has 1 atom stereocenters. The van der Waals surface area contributed by atoms with Crippen LogP contribution in [0, 0.1) is 0 Å². The van der Waals surface area contributed by atoms with Gasteiger partial charge in [0, 0.05) is 47.6 Å². The fourth-order valence-electron chi connectivity index (χ4n) is 5.52. The Bertz CT molecular complexity index is 1800. The lowest BCUT2D eigenvalue weighted by Gasteiger charge is -2.25. The van der Waals surface area contributed by atoms with Crippen LogP contribution >= 0.6 is 0 Å². The molecule has 3 aliphatic rings. The molecule has 2 fully saturated rings. The van der Waals surface area contributed by atoms with Gasteiger partial charge < -0.3 is 9.73 Å². The Morgan fingerprint density at radius 1 is 0.857 bits per heavy atom. The highest BCUT2D eigenvalue weighted by Crippen LogP contribution is 2.39. The summed E-state index contributed by atoms with van der Waals surface area (Å²) in [7, 11) is 0. The summed E-state index contributed by atoms with van der Waals surface area (Å²) in [5, 5.41) is 16.6. The molecule has 0 saturated heterocycles. The maximum Gasteiger partial charge on any atom is 0.317 e. The molecule has 3 aromatic heterocycles. The monoisotopic (exact) mass is 556 g/mol. The van der Waals surface area contributed by atoms with Gasteiger partial charge in [0.05, 0.1) is 17.3 Å². The quantitative estimate of drug-likeness (QED) is 0.283. The van der Waals surface area contributed by atoms with Crippen LogP contribution in [0.4, 0.5) is 6.01 Å². The summed E-state index contributed by atoms with van der Waals surface area (Å²) in [6.07, 6.45) is 10.6. The number of hydrogen-bond donors (Lipinski definition) is 1. The standard InChI is InChI=1S/C32H28N8O2/c41-26-15-21-9-4-5-12-24(21)27(19-7-2-1-3-8-19)35-30(26)36-32-38-37-31(42-32)25-18-40(23-10-6-11-23)39-28(25)22-16-33-29(34-17-22)20-13-14-20/h1-5,7-9,12,16-18,20,23,30H,6,10-11,13-15H2,(H,36,38)/t30-/m1/s1. The van der Waals surface area contributed by atoms with Gasteiger partial charge in [0.2, 0.25) is 0 Å². The highest BCUT2D eigenvalue weighted by atomic mass is 16.4. The molecule has 42 heavy (non-hydrogen) atoms. The highest BCUT2D eigenvalue weighted by molar-refractivity contribution is 6.16. The first-order valence-corrected chi connectivity index (χ1v) is 14.5. The number of Topliss-reactive ketones (excluding diaryl/α,β-unsaturated/α-hetero) is 1. The predicted octanol–water partition coefficient (Wildman–Crippen LogP) is 5.39.